The molecule has 1 N–H and O–H groups in total. The summed E-state index contributed by atoms with van der Waals surface area (Å²) in [4.78, 5) is 14.5. The Hall–Kier alpha value is -2.14. The van der Waals surface area contributed by atoms with E-state index in [1.54, 1.807) is 28.9 Å². The van der Waals surface area contributed by atoms with Crippen LogP contribution in [0.2, 0.25) is 0 Å². The maximum absolute atomic E-state index is 12.7. The molecule has 1 fully saturated rings. The summed E-state index contributed by atoms with van der Waals surface area (Å²) in [5, 5.41) is 14.6. The van der Waals surface area contributed by atoms with Crippen molar-refractivity contribution >= 4 is 5.91 Å². The summed E-state index contributed by atoms with van der Waals surface area (Å²) in [6.07, 6.45) is 4.53. The summed E-state index contributed by atoms with van der Waals surface area (Å²) in [6, 6.07) is 11.8. The summed E-state index contributed by atoms with van der Waals surface area (Å²) in [7, 11) is 1.80. The Kier molecular flexibility index (Phi) is 4.76. The van der Waals surface area contributed by atoms with Crippen LogP contribution < -0.4 is 0 Å². The van der Waals surface area contributed by atoms with Crippen molar-refractivity contribution < 1.29 is 9.90 Å². The predicted octanol–water partition coefficient (Wildman–Crippen LogP) is 2.02. The molecular formula is C18H23N3O2. The Morgan fingerprint density at radius 3 is 2.78 bits per heavy atom. The second kappa shape index (κ2) is 6.96. The molecule has 0 saturated carbocycles. The summed E-state index contributed by atoms with van der Waals surface area (Å²) in [5.74, 6) is -0.0811. The molecule has 0 radical (unpaired) electrons. The van der Waals surface area contributed by atoms with Gasteiger partial charge >= 0.3 is 0 Å². The molecule has 1 saturated heterocycles. The topological polar surface area (TPSA) is 58.4 Å². The van der Waals surface area contributed by atoms with Gasteiger partial charge in [-0.25, -0.2) is 0 Å². The Morgan fingerprint density at radius 1 is 1.30 bits per heavy atom. The minimum absolute atomic E-state index is 0.0811. The minimum atomic E-state index is -0.458. The van der Waals surface area contributed by atoms with Crippen LogP contribution in [0.15, 0.2) is 42.6 Å². The number of rotatable bonds is 4. The van der Waals surface area contributed by atoms with Gasteiger partial charge in [0, 0.05) is 19.8 Å². The lowest BCUT2D eigenvalue weighted by Gasteiger charge is -2.39. The Labute approximate surface area is 136 Å². The molecule has 2 unspecified atom stereocenters. The van der Waals surface area contributed by atoms with Crippen LogP contribution in [0.25, 0.3) is 0 Å². The molecule has 0 aliphatic carbocycles. The van der Waals surface area contributed by atoms with Crippen LogP contribution in [0.1, 0.15) is 35.3 Å². The number of aryl methyl sites for hydroxylation is 2. The third-order valence-corrected chi connectivity index (χ3v) is 4.51. The highest BCUT2D eigenvalue weighted by atomic mass is 16.3. The normalized spacial score (nSPS) is 21.4. The van der Waals surface area contributed by atoms with E-state index in [0.29, 0.717) is 12.2 Å². The molecule has 2 heterocycles. The van der Waals surface area contributed by atoms with Crippen molar-refractivity contribution in [3.63, 3.8) is 0 Å². The van der Waals surface area contributed by atoms with Crippen molar-refractivity contribution in [2.45, 2.75) is 37.8 Å². The van der Waals surface area contributed by atoms with Gasteiger partial charge in [-0.15, -0.1) is 0 Å². The molecule has 0 spiro atoms. The molecule has 122 valence electrons. The first-order chi connectivity index (χ1) is 11.1. The number of aliphatic hydroxyl groups excluding tert-OH is 1. The van der Waals surface area contributed by atoms with E-state index in [1.165, 1.54) is 5.56 Å². The maximum atomic E-state index is 12.7. The fraction of sp³-hybridized carbons (Fsp3) is 0.444. The van der Waals surface area contributed by atoms with E-state index in [-0.39, 0.29) is 11.9 Å². The molecule has 1 aromatic carbocycles. The molecule has 5 nitrogen and oxygen atoms in total. The van der Waals surface area contributed by atoms with E-state index in [1.807, 2.05) is 18.2 Å². The van der Waals surface area contributed by atoms with Crippen molar-refractivity contribution in [3.8, 4) is 0 Å². The highest BCUT2D eigenvalue weighted by molar-refractivity contribution is 5.92. The number of hydrogen-bond acceptors (Lipinski definition) is 3. The average Bonchev–Trinajstić information content (AvgIpc) is 3.00. The molecule has 3 rings (SSSR count). The lowest BCUT2D eigenvalue weighted by atomic mass is 9.93. The van der Waals surface area contributed by atoms with Gasteiger partial charge in [0.2, 0.25) is 0 Å². The zero-order valence-electron chi connectivity index (χ0n) is 13.4. The van der Waals surface area contributed by atoms with E-state index in [4.69, 9.17) is 0 Å². The van der Waals surface area contributed by atoms with E-state index in [0.717, 1.165) is 25.7 Å². The van der Waals surface area contributed by atoms with Gasteiger partial charge in [0.1, 0.15) is 5.69 Å². The van der Waals surface area contributed by atoms with Crippen LogP contribution in [0.4, 0.5) is 0 Å². The maximum Gasteiger partial charge on any atom is 0.274 e. The van der Waals surface area contributed by atoms with Crippen molar-refractivity contribution in [1.82, 2.24) is 14.7 Å². The van der Waals surface area contributed by atoms with E-state index < -0.39 is 6.10 Å². The van der Waals surface area contributed by atoms with Crippen LogP contribution >= 0.6 is 0 Å². The highest BCUT2D eigenvalue weighted by Crippen LogP contribution is 2.23. The van der Waals surface area contributed by atoms with Crippen molar-refractivity contribution in [3.05, 3.63) is 53.9 Å². The smallest absolute Gasteiger partial charge is 0.274 e. The molecular weight excluding hydrogens is 290 g/mol. The number of piperidine rings is 1. The second-order valence-electron chi connectivity index (χ2n) is 6.17. The Balaban J connectivity index is 1.72. The van der Waals surface area contributed by atoms with Crippen LogP contribution in [0, 0.1) is 0 Å². The molecule has 1 aliphatic heterocycles. The fourth-order valence-electron chi connectivity index (χ4n) is 3.27. The lowest BCUT2D eigenvalue weighted by molar-refractivity contribution is 0.00852. The van der Waals surface area contributed by atoms with Gasteiger partial charge in [0.25, 0.3) is 5.91 Å². The number of hydrogen-bond donors (Lipinski definition) is 1. The number of amides is 1. The van der Waals surface area contributed by atoms with Gasteiger partial charge in [0.05, 0.1) is 12.1 Å². The third kappa shape index (κ3) is 3.62. The molecule has 1 amide bonds. The second-order valence-corrected chi connectivity index (χ2v) is 6.17. The van der Waals surface area contributed by atoms with Gasteiger partial charge in [-0.05, 0) is 37.3 Å². The number of likely N-dealkylation sites (tertiary alicyclic amines) is 1. The van der Waals surface area contributed by atoms with Crippen molar-refractivity contribution in [2.75, 3.05) is 6.54 Å². The zero-order valence-corrected chi connectivity index (χ0v) is 13.4. The third-order valence-electron chi connectivity index (χ3n) is 4.51. The molecule has 23 heavy (non-hydrogen) atoms. The van der Waals surface area contributed by atoms with E-state index in [9.17, 15) is 9.90 Å². The lowest BCUT2D eigenvalue weighted by Crippen LogP contribution is -2.51. The number of carbonyl (C=O) groups is 1. The molecule has 2 atom stereocenters. The first-order valence-electron chi connectivity index (χ1n) is 8.18. The minimum Gasteiger partial charge on any atom is -0.391 e. The summed E-state index contributed by atoms with van der Waals surface area (Å²) in [5.41, 5.74) is 1.68. The summed E-state index contributed by atoms with van der Waals surface area (Å²) >= 11 is 0. The highest BCUT2D eigenvalue weighted by Gasteiger charge is 2.34. The van der Waals surface area contributed by atoms with Gasteiger partial charge < -0.3 is 10.0 Å². The molecule has 0 bridgehead atoms. The van der Waals surface area contributed by atoms with Crippen molar-refractivity contribution in [1.29, 1.82) is 0 Å². The largest absolute Gasteiger partial charge is 0.391 e. The average molecular weight is 313 g/mol. The van der Waals surface area contributed by atoms with Crippen LogP contribution in [-0.4, -0.2) is 44.4 Å². The van der Waals surface area contributed by atoms with Gasteiger partial charge in [0.15, 0.2) is 0 Å². The SMILES string of the molecule is Cn1ccc(C(=O)N2CCCC(O)C2CCc2ccccc2)n1. The first-order valence-corrected chi connectivity index (χ1v) is 8.18. The number of aliphatic hydroxyl groups is 1. The first kappa shape index (κ1) is 15.7. The van der Waals surface area contributed by atoms with Crippen LogP contribution in [-0.2, 0) is 13.5 Å². The molecule has 1 aromatic heterocycles. The van der Waals surface area contributed by atoms with Gasteiger partial charge in [-0.2, -0.15) is 5.10 Å². The molecule has 1 aliphatic rings. The predicted molar refractivity (Wildman–Crippen MR) is 88.0 cm³/mol. The quantitative estimate of drug-likeness (QED) is 0.939. The molecule has 2 aromatic rings. The van der Waals surface area contributed by atoms with E-state index >= 15 is 0 Å². The zero-order chi connectivity index (χ0) is 16.2. The fourth-order valence-corrected chi connectivity index (χ4v) is 3.27. The number of benzene rings is 1. The van der Waals surface area contributed by atoms with E-state index in [2.05, 4.69) is 17.2 Å². The standard InChI is InChI=1S/C18H23N3O2/c1-20-13-11-15(19-20)18(23)21-12-5-8-17(22)16(21)10-9-14-6-3-2-4-7-14/h2-4,6-7,11,13,16-17,22H,5,8-10,12H2,1H3. The van der Waals surface area contributed by atoms with Crippen LogP contribution in [0.3, 0.4) is 0 Å². The van der Waals surface area contributed by atoms with Crippen molar-refractivity contribution in [2.24, 2.45) is 7.05 Å². The summed E-state index contributed by atoms with van der Waals surface area (Å²) in [6.45, 7) is 0.686. The summed E-state index contributed by atoms with van der Waals surface area (Å²) < 4.78 is 1.63. The Morgan fingerprint density at radius 2 is 2.09 bits per heavy atom. The van der Waals surface area contributed by atoms with Gasteiger partial charge in [-0.3, -0.25) is 9.48 Å². The van der Waals surface area contributed by atoms with Crippen LogP contribution in [0.5, 0.6) is 0 Å². The molecule has 5 heteroatoms. The number of aromatic nitrogens is 2. The Bertz CT molecular complexity index is 653. The number of nitrogens with zero attached hydrogens (tertiary/aromatic N) is 3. The monoisotopic (exact) mass is 313 g/mol. The number of carbonyl (C=O) groups excluding carboxylic acids is 1. The van der Waals surface area contributed by atoms with Gasteiger partial charge in [-0.1, -0.05) is 30.3 Å².